The second-order valence-electron chi connectivity index (χ2n) is 5.70. The molecule has 1 aliphatic rings. The minimum atomic E-state index is -0.632. The maximum absolute atomic E-state index is 14.2. The molecule has 1 aliphatic carbocycles. The predicted octanol–water partition coefficient (Wildman–Crippen LogP) is 3.45. The van der Waals surface area contributed by atoms with E-state index in [0.29, 0.717) is 17.9 Å². The van der Waals surface area contributed by atoms with Crippen molar-refractivity contribution in [3.05, 3.63) is 29.3 Å². The Morgan fingerprint density at radius 1 is 1.50 bits per heavy atom. The first-order valence-electron chi connectivity index (χ1n) is 6.92. The van der Waals surface area contributed by atoms with E-state index in [1.807, 2.05) is 0 Å². The molecule has 0 saturated heterocycles. The Kier molecular flexibility index (Phi) is 3.80. The number of carbonyl (C=O) groups excluding carboxylic acids is 1. The van der Waals surface area contributed by atoms with E-state index in [0.717, 1.165) is 18.9 Å². The Hall–Kier alpha value is -1.69. The molecule has 0 N–H and O–H groups in total. The number of imidazole rings is 1. The first-order chi connectivity index (χ1) is 10.5. The predicted molar refractivity (Wildman–Crippen MR) is 78.2 cm³/mol. The van der Waals surface area contributed by atoms with E-state index in [1.165, 1.54) is 13.2 Å². The smallest absolute Gasteiger partial charge is 0.338 e. The molecule has 2 aromatic rings. The van der Waals surface area contributed by atoms with Crippen LogP contribution in [0.2, 0.25) is 0 Å². The highest BCUT2D eigenvalue weighted by Crippen LogP contribution is 2.48. The summed E-state index contributed by atoms with van der Waals surface area (Å²) < 4.78 is 33.7. The quantitative estimate of drug-likeness (QED) is 0.623. The summed E-state index contributed by atoms with van der Waals surface area (Å²) in [6.45, 7) is -0.0559. The molecule has 1 aromatic carbocycles. The molecule has 22 heavy (non-hydrogen) atoms. The molecule has 0 bridgehead atoms. The van der Waals surface area contributed by atoms with E-state index in [4.69, 9.17) is 11.6 Å². The minimum Gasteiger partial charge on any atom is -0.465 e. The lowest BCUT2D eigenvalue weighted by atomic mass is 10.1. The Morgan fingerprint density at radius 2 is 2.23 bits per heavy atom. The lowest BCUT2D eigenvalue weighted by molar-refractivity contribution is 0.0600. The average molecular weight is 329 g/mol. The molecule has 0 spiro atoms. The first-order valence-corrected chi connectivity index (χ1v) is 7.46. The van der Waals surface area contributed by atoms with E-state index in [9.17, 15) is 13.6 Å². The van der Waals surface area contributed by atoms with Gasteiger partial charge in [-0.2, -0.15) is 0 Å². The van der Waals surface area contributed by atoms with Crippen LogP contribution in [0.15, 0.2) is 12.1 Å². The van der Waals surface area contributed by atoms with Gasteiger partial charge in [0, 0.05) is 12.0 Å². The van der Waals surface area contributed by atoms with Crippen LogP contribution in [0.5, 0.6) is 0 Å². The summed E-state index contributed by atoms with van der Waals surface area (Å²) in [6, 6.07) is 2.60. The highest BCUT2D eigenvalue weighted by molar-refractivity contribution is 6.16. The summed E-state index contributed by atoms with van der Waals surface area (Å²) in [5.41, 5.74) is 0.264. The van der Waals surface area contributed by atoms with E-state index in [-0.39, 0.29) is 17.0 Å². The van der Waals surface area contributed by atoms with Crippen LogP contribution in [0.3, 0.4) is 0 Å². The zero-order valence-corrected chi connectivity index (χ0v) is 12.8. The van der Waals surface area contributed by atoms with E-state index >= 15 is 0 Å². The number of aromatic nitrogens is 2. The zero-order valence-electron chi connectivity index (χ0n) is 12.0. The van der Waals surface area contributed by atoms with Crippen molar-refractivity contribution < 1.29 is 18.3 Å². The molecule has 0 amide bonds. The standard InChI is InChI=1S/C15H15ClF2N2O2/c1-22-14(21)9-4-10(18)13-11(5-9)20(12(6-16)19-13)8-15(7-17)2-3-15/h4-5H,2-3,6-8H2,1H3. The molecular weight excluding hydrogens is 314 g/mol. The summed E-state index contributed by atoms with van der Waals surface area (Å²) in [7, 11) is 1.23. The van der Waals surface area contributed by atoms with Gasteiger partial charge < -0.3 is 9.30 Å². The number of fused-ring (bicyclic) bond motifs is 1. The number of esters is 1. The van der Waals surface area contributed by atoms with Gasteiger partial charge in [0.1, 0.15) is 11.3 Å². The Labute approximate surface area is 131 Å². The van der Waals surface area contributed by atoms with Gasteiger partial charge >= 0.3 is 5.97 Å². The van der Waals surface area contributed by atoms with Gasteiger partial charge in [-0.05, 0) is 25.0 Å². The molecule has 1 saturated carbocycles. The molecule has 1 aromatic heterocycles. The van der Waals surface area contributed by atoms with Crippen LogP contribution in [0, 0.1) is 11.2 Å². The van der Waals surface area contributed by atoms with Crippen LogP contribution in [0.1, 0.15) is 29.0 Å². The SMILES string of the molecule is COC(=O)c1cc(F)c2nc(CCl)n(CC3(CF)CC3)c2c1. The lowest BCUT2D eigenvalue weighted by Crippen LogP contribution is -2.15. The van der Waals surface area contributed by atoms with E-state index < -0.39 is 23.9 Å². The monoisotopic (exact) mass is 328 g/mol. The average Bonchev–Trinajstić information content (AvgIpc) is 3.22. The second-order valence-corrected chi connectivity index (χ2v) is 5.97. The third-order valence-electron chi connectivity index (χ3n) is 4.16. The van der Waals surface area contributed by atoms with E-state index in [1.54, 1.807) is 4.57 Å². The van der Waals surface area contributed by atoms with Gasteiger partial charge in [-0.1, -0.05) is 0 Å². The normalized spacial score (nSPS) is 16.0. The van der Waals surface area contributed by atoms with Gasteiger partial charge in [-0.15, -0.1) is 11.6 Å². The molecule has 3 rings (SSSR count). The maximum Gasteiger partial charge on any atom is 0.338 e. The fraction of sp³-hybridized carbons (Fsp3) is 0.467. The van der Waals surface area contributed by atoms with Gasteiger partial charge in [-0.25, -0.2) is 14.2 Å². The van der Waals surface area contributed by atoms with Crippen LogP contribution in [-0.4, -0.2) is 29.3 Å². The van der Waals surface area contributed by atoms with Crippen LogP contribution in [0.25, 0.3) is 11.0 Å². The summed E-state index contributed by atoms with van der Waals surface area (Å²) >= 11 is 5.89. The number of halogens is 3. The summed E-state index contributed by atoms with van der Waals surface area (Å²) in [4.78, 5) is 15.8. The summed E-state index contributed by atoms with van der Waals surface area (Å²) in [5.74, 6) is -0.692. The molecule has 0 unspecified atom stereocenters. The topological polar surface area (TPSA) is 44.1 Å². The molecule has 118 valence electrons. The fourth-order valence-corrected chi connectivity index (χ4v) is 2.79. The number of hydrogen-bond acceptors (Lipinski definition) is 3. The number of nitrogens with zero attached hydrogens (tertiary/aromatic N) is 2. The van der Waals surface area contributed by atoms with Crippen molar-refractivity contribution in [1.82, 2.24) is 9.55 Å². The van der Waals surface area contributed by atoms with Crippen LogP contribution >= 0.6 is 11.6 Å². The number of alkyl halides is 2. The molecule has 0 aliphatic heterocycles. The third-order valence-corrected chi connectivity index (χ3v) is 4.40. The Bertz CT molecular complexity index is 741. The van der Waals surface area contributed by atoms with Gasteiger partial charge in [-0.3, -0.25) is 4.39 Å². The zero-order chi connectivity index (χ0) is 15.9. The summed E-state index contributed by atoms with van der Waals surface area (Å²) in [6.07, 6.45) is 1.56. The largest absolute Gasteiger partial charge is 0.465 e. The Balaban J connectivity index is 2.15. The van der Waals surface area contributed by atoms with Crippen LogP contribution in [-0.2, 0) is 17.2 Å². The number of rotatable bonds is 5. The third kappa shape index (κ3) is 2.45. The summed E-state index contributed by atoms with van der Waals surface area (Å²) in [5, 5.41) is 0. The molecular formula is C15H15ClF2N2O2. The van der Waals surface area contributed by atoms with Gasteiger partial charge in [0.05, 0.1) is 30.7 Å². The Morgan fingerprint density at radius 3 is 2.77 bits per heavy atom. The molecule has 0 radical (unpaired) electrons. The van der Waals surface area contributed by atoms with Crippen molar-refractivity contribution in [2.75, 3.05) is 13.8 Å². The van der Waals surface area contributed by atoms with Crippen molar-refractivity contribution >= 4 is 28.6 Å². The minimum absolute atomic E-state index is 0.0873. The molecule has 7 heteroatoms. The number of ether oxygens (including phenoxy) is 1. The van der Waals surface area contributed by atoms with Crippen LogP contribution < -0.4 is 0 Å². The second kappa shape index (κ2) is 5.50. The van der Waals surface area contributed by atoms with Crippen molar-refractivity contribution in [1.29, 1.82) is 0 Å². The number of hydrogen-bond donors (Lipinski definition) is 0. The maximum atomic E-state index is 14.2. The van der Waals surface area contributed by atoms with Crippen molar-refractivity contribution in [3.8, 4) is 0 Å². The van der Waals surface area contributed by atoms with Crippen LogP contribution in [0.4, 0.5) is 8.78 Å². The van der Waals surface area contributed by atoms with Crippen molar-refractivity contribution in [2.45, 2.75) is 25.3 Å². The lowest BCUT2D eigenvalue weighted by Gasteiger charge is -2.14. The first kappa shape index (κ1) is 15.2. The van der Waals surface area contributed by atoms with E-state index in [2.05, 4.69) is 9.72 Å². The molecule has 1 heterocycles. The fourth-order valence-electron chi connectivity index (χ4n) is 2.59. The highest BCUT2D eigenvalue weighted by atomic mass is 35.5. The highest BCUT2D eigenvalue weighted by Gasteiger charge is 2.43. The van der Waals surface area contributed by atoms with Gasteiger partial charge in [0.25, 0.3) is 0 Å². The molecule has 4 nitrogen and oxygen atoms in total. The number of benzene rings is 1. The van der Waals surface area contributed by atoms with Crippen molar-refractivity contribution in [3.63, 3.8) is 0 Å². The van der Waals surface area contributed by atoms with Gasteiger partial charge in [0.2, 0.25) is 0 Å². The molecule has 1 fully saturated rings. The number of carbonyl (C=O) groups is 1. The van der Waals surface area contributed by atoms with Crippen molar-refractivity contribution in [2.24, 2.45) is 5.41 Å². The number of methoxy groups -OCH3 is 1. The van der Waals surface area contributed by atoms with Gasteiger partial charge in [0.15, 0.2) is 5.82 Å². The molecule has 0 atom stereocenters.